The molecule has 1 atom stereocenters. The number of nitrogens with zero attached hydrogens (tertiary/aromatic N) is 8. The summed E-state index contributed by atoms with van der Waals surface area (Å²) in [7, 11) is 1.32. The summed E-state index contributed by atoms with van der Waals surface area (Å²) in [5.41, 5.74) is -1.88. The number of urea groups is 1. The predicted octanol–water partition coefficient (Wildman–Crippen LogP) is 4.30. The fraction of sp³-hybridized carbons (Fsp3) is 0.375. The van der Waals surface area contributed by atoms with Crippen LogP contribution in [0.4, 0.5) is 37.1 Å². The zero-order chi connectivity index (χ0) is 28.1. The minimum Gasteiger partial charge on any atom is -0.337 e. The number of hydrogen-bond acceptors (Lipinski definition) is 6. The molecule has 0 bridgehead atoms. The second-order valence-electron chi connectivity index (χ2n) is 9.15. The highest BCUT2D eigenvalue weighted by molar-refractivity contribution is 5.79. The smallest absolute Gasteiger partial charge is 0.337 e. The predicted molar refractivity (Wildman–Crippen MR) is 127 cm³/mol. The van der Waals surface area contributed by atoms with Crippen LogP contribution in [0.15, 0.2) is 29.5 Å². The third kappa shape index (κ3) is 5.00. The Labute approximate surface area is 218 Å². The number of carbonyl (C=O) groups excluding carboxylic acids is 1. The molecule has 5 rings (SSSR count). The lowest BCUT2D eigenvalue weighted by molar-refractivity contribution is -0.141. The number of carbonyl (C=O) groups is 1. The molecule has 0 aliphatic carbocycles. The number of halogens is 6. The number of aryl methyl sites for hydroxylation is 1. The standard InChI is InChI=1S/C24H22F6N8O/c1-13-19(21(24(28,29)30)34-35(13)2)20-17(27)12-31-22(33-20)36-5-7-37(8-6-36)23(39)38-18(3-4-32-38)14-9-15(25)11-16(26)10-14/h4,9-12,18H,3,5-8H2,1-2H3/t18-/m0/s1. The van der Waals surface area contributed by atoms with Crippen LogP contribution in [-0.2, 0) is 13.2 Å². The second kappa shape index (κ2) is 9.85. The van der Waals surface area contributed by atoms with Gasteiger partial charge >= 0.3 is 12.2 Å². The molecule has 1 saturated heterocycles. The molecule has 1 fully saturated rings. The first-order valence-electron chi connectivity index (χ1n) is 11.9. The molecular formula is C24H22F6N8O. The van der Waals surface area contributed by atoms with Gasteiger partial charge in [-0.15, -0.1) is 0 Å². The van der Waals surface area contributed by atoms with Crippen LogP contribution in [0.25, 0.3) is 11.3 Å². The number of aromatic nitrogens is 4. The highest BCUT2D eigenvalue weighted by Gasteiger charge is 2.40. The van der Waals surface area contributed by atoms with E-state index in [0.29, 0.717) is 0 Å². The molecule has 39 heavy (non-hydrogen) atoms. The molecule has 0 unspecified atom stereocenters. The number of rotatable bonds is 3. The molecule has 0 saturated carbocycles. The van der Waals surface area contributed by atoms with Crippen molar-refractivity contribution in [2.75, 3.05) is 31.1 Å². The molecule has 4 heterocycles. The van der Waals surface area contributed by atoms with E-state index in [0.717, 1.165) is 29.1 Å². The Kier molecular flexibility index (Phi) is 6.68. The molecule has 2 aliphatic rings. The fourth-order valence-corrected chi connectivity index (χ4v) is 4.66. The van der Waals surface area contributed by atoms with Gasteiger partial charge in [0.25, 0.3) is 0 Å². The summed E-state index contributed by atoms with van der Waals surface area (Å²) < 4.78 is 84.0. The monoisotopic (exact) mass is 552 g/mol. The van der Waals surface area contributed by atoms with Gasteiger partial charge in [-0.25, -0.2) is 32.9 Å². The van der Waals surface area contributed by atoms with Crippen molar-refractivity contribution in [3.63, 3.8) is 0 Å². The summed E-state index contributed by atoms with van der Waals surface area (Å²) in [4.78, 5) is 24.4. The topological polar surface area (TPSA) is 82.8 Å². The number of hydrogen-bond donors (Lipinski definition) is 0. The van der Waals surface area contributed by atoms with Crippen LogP contribution in [0.1, 0.15) is 29.4 Å². The first kappa shape index (κ1) is 26.4. The zero-order valence-corrected chi connectivity index (χ0v) is 20.8. The Bertz CT molecular complexity index is 1430. The van der Waals surface area contributed by atoms with Crippen LogP contribution >= 0.6 is 0 Å². The van der Waals surface area contributed by atoms with Crippen LogP contribution in [-0.4, -0.2) is 68.1 Å². The molecule has 206 valence electrons. The summed E-state index contributed by atoms with van der Waals surface area (Å²) in [5, 5.41) is 8.75. The van der Waals surface area contributed by atoms with Gasteiger partial charge in [0.05, 0.1) is 17.8 Å². The average Bonchev–Trinajstić information content (AvgIpc) is 3.49. The second-order valence-corrected chi connectivity index (χ2v) is 9.15. The minimum atomic E-state index is -4.82. The maximum Gasteiger partial charge on any atom is 0.435 e. The number of amides is 2. The Balaban J connectivity index is 1.33. The van der Waals surface area contributed by atoms with E-state index in [1.54, 1.807) is 4.90 Å². The molecule has 2 aromatic heterocycles. The highest BCUT2D eigenvalue weighted by Crippen LogP contribution is 2.38. The summed E-state index contributed by atoms with van der Waals surface area (Å²) in [6.07, 6.45) is -2.23. The van der Waals surface area contributed by atoms with Crippen molar-refractivity contribution < 1.29 is 31.1 Å². The van der Waals surface area contributed by atoms with Crippen molar-refractivity contribution in [1.29, 1.82) is 0 Å². The number of benzene rings is 1. The summed E-state index contributed by atoms with van der Waals surface area (Å²) >= 11 is 0. The van der Waals surface area contributed by atoms with Gasteiger partial charge in [-0.2, -0.15) is 23.4 Å². The van der Waals surface area contributed by atoms with Gasteiger partial charge in [-0.1, -0.05) is 0 Å². The van der Waals surface area contributed by atoms with Gasteiger partial charge in [-0.3, -0.25) is 4.68 Å². The van der Waals surface area contributed by atoms with Crippen molar-refractivity contribution in [3.8, 4) is 11.3 Å². The normalized spacial score (nSPS) is 17.8. The van der Waals surface area contributed by atoms with Crippen molar-refractivity contribution in [2.45, 2.75) is 25.6 Å². The Hall–Kier alpha value is -4.17. The molecule has 3 aromatic rings. The quantitative estimate of drug-likeness (QED) is 0.453. The third-order valence-electron chi connectivity index (χ3n) is 6.70. The Morgan fingerprint density at radius 3 is 2.33 bits per heavy atom. The molecule has 2 aliphatic heterocycles. The van der Waals surface area contributed by atoms with Gasteiger partial charge in [0, 0.05) is 57.6 Å². The Morgan fingerprint density at radius 2 is 1.69 bits per heavy atom. The number of piperazine rings is 1. The average molecular weight is 552 g/mol. The lowest BCUT2D eigenvalue weighted by atomic mass is 10.0. The van der Waals surface area contributed by atoms with E-state index in [1.807, 2.05) is 0 Å². The van der Waals surface area contributed by atoms with Gasteiger partial charge in [0.15, 0.2) is 11.5 Å². The van der Waals surface area contributed by atoms with Crippen molar-refractivity contribution in [3.05, 3.63) is 58.8 Å². The van der Waals surface area contributed by atoms with E-state index >= 15 is 0 Å². The zero-order valence-electron chi connectivity index (χ0n) is 20.8. The lowest BCUT2D eigenvalue weighted by Gasteiger charge is -2.37. The van der Waals surface area contributed by atoms with Crippen molar-refractivity contribution >= 4 is 18.2 Å². The van der Waals surface area contributed by atoms with Gasteiger partial charge in [-0.05, 0) is 24.6 Å². The minimum absolute atomic E-state index is 0.00202. The van der Waals surface area contributed by atoms with Crippen LogP contribution in [0.5, 0.6) is 0 Å². The number of alkyl halides is 3. The SMILES string of the molecule is Cc1c(-c2nc(N3CCN(C(=O)N4N=CC[C@H]4c4cc(F)cc(F)c4)CC3)ncc2F)c(C(F)(F)F)nn1C. The Morgan fingerprint density at radius 1 is 1.03 bits per heavy atom. The van der Waals surface area contributed by atoms with Crippen molar-refractivity contribution in [1.82, 2.24) is 29.7 Å². The van der Waals surface area contributed by atoms with Crippen molar-refractivity contribution in [2.24, 2.45) is 12.1 Å². The largest absolute Gasteiger partial charge is 0.435 e. The van der Waals surface area contributed by atoms with Crippen LogP contribution in [0, 0.1) is 24.4 Å². The van der Waals surface area contributed by atoms with E-state index in [4.69, 9.17) is 0 Å². The summed E-state index contributed by atoms with van der Waals surface area (Å²) in [6, 6.07) is 1.90. The van der Waals surface area contributed by atoms with E-state index in [1.165, 1.54) is 30.1 Å². The highest BCUT2D eigenvalue weighted by atomic mass is 19.4. The summed E-state index contributed by atoms with van der Waals surface area (Å²) in [5.74, 6) is -2.55. The molecular weight excluding hydrogens is 530 g/mol. The first-order valence-corrected chi connectivity index (χ1v) is 11.9. The number of hydrazone groups is 1. The lowest BCUT2D eigenvalue weighted by Crippen LogP contribution is -2.52. The van der Waals surface area contributed by atoms with Crippen LogP contribution in [0.3, 0.4) is 0 Å². The van der Waals surface area contributed by atoms with Gasteiger partial charge in [0.2, 0.25) is 5.95 Å². The maximum absolute atomic E-state index is 14.7. The molecule has 0 radical (unpaired) electrons. The summed E-state index contributed by atoms with van der Waals surface area (Å²) in [6.45, 7) is 2.13. The third-order valence-corrected chi connectivity index (χ3v) is 6.70. The molecule has 15 heteroatoms. The molecule has 0 spiro atoms. The maximum atomic E-state index is 14.7. The number of anilines is 1. The molecule has 1 aromatic carbocycles. The van der Waals surface area contributed by atoms with Gasteiger partial charge in [0.1, 0.15) is 17.3 Å². The molecule has 0 N–H and O–H groups in total. The molecule has 2 amide bonds. The van der Waals surface area contributed by atoms with E-state index in [9.17, 15) is 31.1 Å². The van der Waals surface area contributed by atoms with E-state index in [2.05, 4.69) is 20.2 Å². The van der Waals surface area contributed by atoms with Gasteiger partial charge < -0.3 is 9.80 Å². The van der Waals surface area contributed by atoms with Crippen LogP contribution < -0.4 is 4.90 Å². The van der Waals surface area contributed by atoms with Crippen LogP contribution in [0.2, 0.25) is 0 Å². The first-order chi connectivity index (χ1) is 18.4. The van der Waals surface area contributed by atoms with E-state index < -0.39 is 52.7 Å². The molecule has 9 nitrogen and oxygen atoms in total. The fourth-order valence-electron chi connectivity index (χ4n) is 4.66. The van der Waals surface area contributed by atoms with E-state index in [-0.39, 0.29) is 49.8 Å².